The molecule has 0 fully saturated rings. The minimum absolute atomic E-state index is 0.497. The highest BCUT2D eigenvalue weighted by atomic mass is 15.2. The molecule has 1 atom stereocenters. The first-order chi connectivity index (χ1) is 36.8. The molecule has 0 heterocycles. The Morgan fingerprint density at radius 2 is 0.649 bits per heavy atom. The number of rotatable bonds is 6. The molecule has 4 aliphatic rings. The van der Waals surface area contributed by atoms with Gasteiger partial charge in [0.05, 0.1) is 22.2 Å². The lowest BCUT2D eigenvalue weighted by Gasteiger charge is -2.37. The second-order valence-corrected chi connectivity index (χ2v) is 20.2. The van der Waals surface area contributed by atoms with Crippen molar-refractivity contribution in [1.82, 2.24) is 0 Å². The Balaban J connectivity index is 1.04. The zero-order valence-electron chi connectivity index (χ0n) is 40.5. The van der Waals surface area contributed by atoms with Crippen LogP contribution in [0.15, 0.2) is 279 Å². The first-order valence-electron chi connectivity index (χ1n) is 25.8. The van der Waals surface area contributed by atoms with Gasteiger partial charge in [0.1, 0.15) is 0 Å². The Kier molecular flexibility index (Phi) is 8.62. The maximum atomic E-state index is 2.63. The standard InChI is InChI=1S/C72H46N2/c1-4-24-48(25-5-1)73(49-26-6-2-7-27-49)51-43-44-56-55-33-14-19-38-61(55)72(65(56)46-51)63-40-21-15-34-57(63)68-52-30-11-10-23-47(52)45-67(70(68)72)74(50-28-8-3-9-29-50)66-42-22-41-64-69(66)58-35-16-20-39-62(58)71(64)59-36-17-12-31-53(59)54-32-13-18-37-60(54)71/h1-46H. The van der Waals surface area contributed by atoms with Crippen LogP contribution >= 0.6 is 0 Å². The van der Waals surface area contributed by atoms with Gasteiger partial charge in [0, 0.05) is 33.9 Å². The van der Waals surface area contributed by atoms with Gasteiger partial charge in [0.15, 0.2) is 0 Å². The quantitative estimate of drug-likeness (QED) is 0.164. The first-order valence-corrected chi connectivity index (χ1v) is 25.8. The van der Waals surface area contributed by atoms with Crippen LogP contribution < -0.4 is 9.80 Å². The predicted molar refractivity (Wildman–Crippen MR) is 306 cm³/mol. The summed E-state index contributed by atoms with van der Waals surface area (Å²) in [5.74, 6) is 0. The smallest absolute Gasteiger partial charge is 0.0747 e. The van der Waals surface area contributed by atoms with Crippen LogP contribution in [0.2, 0.25) is 0 Å². The van der Waals surface area contributed by atoms with E-state index in [9.17, 15) is 0 Å². The normalized spacial score (nSPS) is 15.2. The molecular weight excluding hydrogens is 893 g/mol. The molecule has 12 aromatic rings. The van der Waals surface area contributed by atoms with E-state index in [0.717, 1.165) is 34.1 Å². The van der Waals surface area contributed by atoms with Crippen molar-refractivity contribution >= 4 is 44.9 Å². The molecule has 344 valence electrons. The summed E-state index contributed by atoms with van der Waals surface area (Å²) in [4.78, 5) is 5.04. The van der Waals surface area contributed by atoms with E-state index in [2.05, 4.69) is 289 Å². The number of fused-ring (bicyclic) bond motifs is 22. The molecule has 0 amide bonds. The molecule has 12 aromatic carbocycles. The molecule has 0 bridgehead atoms. The van der Waals surface area contributed by atoms with Gasteiger partial charge in [-0.3, -0.25) is 0 Å². The molecule has 2 spiro atoms. The van der Waals surface area contributed by atoms with E-state index in [0.29, 0.717) is 0 Å². The third-order valence-corrected chi connectivity index (χ3v) is 16.8. The molecule has 74 heavy (non-hydrogen) atoms. The lowest BCUT2D eigenvalue weighted by Crippen LogP contribution is -2.29. The van der Waals surface area contributed by atoms with E-state index in [1.807, 2.05) is 0 Å². The molecule has 0 radical (unpaired) electrons. The number of hydrogen-bond donors (Lipinski definition) is 0. The van der Waals surface area contributed by atoms with Crippen molar-refractivity contribution in [2.24, 2.45) is 0 Å². The molecule has 2 nitrogen and oxygen atoms in total. The highest BCUT2D eigenvalue weighted by Crippen LogP contribution is 2.69. The Bertz CT molecular complexity index is 4190. The summed E-state index contributed by atoms with van der Waals surface area (Å²) in [5, 5.41) is 2.46. The Morgan fingerprint density at radius 3 is 1.23 bits per heavy atom. The Hall–Kier alpha value is -9.50. The maximum Gasteiger partial charge on any atom is 0.0747 e. The van der Waals surface area contributed by atoms with Gasteiger partial charge in [0.2, 0.25) is 0 Å². The van der Waals surface area contributed by atoms with Crippen LogP contribution in [0, 0.1) is 0 Å². The van der Waals surface area contributed by atoms with E-state index < -0.39 is 10.8 Å². The van der Waals surface area contributed by atoms with Crippen LogP contribution in [0.4, 0.5) is 34.1 Å². The van der Waals surface area contributed by atoms with E-state index in [1.165, 1.54) is 99.8 Å². The van der Waals surface area contributed by atoms with Crippen molar-refractivity contribution in [2.75, 3.05) is 9.80 Å². The predicted octanol–water partition coefficient (Wildman–Crippen LogP) is 18.5. The number of nitrogens with zero attached hydrogens (tertiary/aromatic N) is 2. The lowest BCUT2D eigenvalue weighted by atomic mass is 9.69. The number of hydrogen-bond acceptors (Lipinski definition) is 2. The molecule has 0 saturated carbocycles. The van der Waals surface area contributed by atoms with Crippen LogP contribution in [-0.2, 0) is 10.8 Å². The fraction of sp³-hybridized carbons (Fsp3) is 0.0278. The van der Waals surface area contributed by atoms with Gasteiger partial charge in [-0.2, -0.15) is 0 Å². The van der Waals surface area contributed by atoms with Crippen LogP contribution in [0.5, 0.6) is 0 Å². The molecule has 1 unspecified atom stereocenters. The lowest BCUT2D eigenvalue weighted by molar-refractivity contribution is 0.791. The Morgan fingerprint density at radius 1 is 0.230 bits per heavy atom. The third kappa shape index (κ3) is 5.28. The second-order valence-electron chi connectivity index (χ2n) is 20.2. The minimum atomic E-state index is -0.709. The highest BCUT2D eigenvalue weighted by Gasteiger charge is 2.56. The van der Waals surface area contributed by atoms with Gasteiger partial charge >= 0.3 is 0 Å². The number of benzene rings is 12. The third-order valence-electron chi connectivity index (χ3n) is 16.8. The Labute approximate surface area is 431 Å². The van der Waals surface area contributed by atoms with E-state index in [1.54, 1.807) is 0 Å². The van der Waals surface area contributed by atoms with Gasteiger partial charge in [-0.25, -0.2) is 0 Å². The van der Waals surface area contributed by atoms with Gasteiger partial charge in [-0.15, -0.1) is 0 Å². The van der Waals surface area contributed by atoms with Crippen LogP contribution in [0.1, 0.15) is 44.5 Å². The van der Waals surface area contributed by atoms with Gasteiger partial charge in [-0.05, 0) is 149 Å². The summed E-state index contributed by atoms with van der Waals surface area (Å²) in [7, 11) is 0. The van der Waals surface area contributed by atoms with Crippen molar-refractivity contribution in [3.05, 3.63) is 324 Å². The fourth-order valence-electron chi connectivity index (χ4n) is 14.2. The molecule has 16 rings (SSSR count). The van der Waals surface area contributed by atoms with Gasteiger partial charge in [0.25, 0.3) is 0 Å². The monoisotopic (exact) mass is 938 g/mol. The summed E-state index contributed by atoms with van der Waals surface area (Å²) in [6.07, 6.45) is 0. The molecule has 0 aromatic heterocycles. The molecule has 0 aliphatic heterocycles. The highest BCUT2D eigenvalue weighted by molar-refractivity contribution is 6.12. The van der Waals surface area contributed by atoms with Gasteiger partial charge < -0.3 is 9.80 Å². The maximum absolute atomic E-state index is 2.63. The van der Waals surface area contributed by atoms with Crippen LogP contribution in [0.25, 0.3) is 55.3 Å². The summed E-state index contributed by atoms with van der Waals surface area (Å²) in [6.45, 7) is 0. The van der Waals surface area contributed by atoms with E-state index in [4.69, 9.17) is 0 Å². The summed E-state index contributed by atoms with van der Waals surface area (Å²) in [6, 6.07) is 105. The average Bonchev–Trinajstić information content (AvgIpc) is 4.21. The minimum Gasteiger partial charge on any atom is -0.310 e. The fourth-order valence-corrected chi connectivity index (χ4v) is 14.2. The van der Waals surface area contributed by atoms with Gasteiger partial charge in [-0.1, -0.05) is 218 Å². The number of anilines is 6. The number of para-hydroxylation sites is 3. The van der Waals surface area contributed by atoms with E-state index in [-0.39, 0.29) is 0 Å². The summed E-state index contributed by atoms with van der Waals surface area (Å²) < 4.78 is 0. The second kappa shape index (κ2) is 15.5. The van der Waals surface area contributed by atoms with Crippen molar-refractivity contribution in [2.45, 2.75) is 10.8 Å². The molecule has 4 aliphatic carbocycles. The molecule has 0 N–H and O–H groups in total. The van der Waals surface area contributed by atoms with Crippen molar-refractivity contribution in [3.63, 3.8) is 0 Å². The zero-order valence-corrected chi connectivity index (χ0v) is 40.5. The van der Waals surface area contributed by atoms with Crippen molar-refractivity contribution in [1.29, 1.82) is 0 Å². The van der Waals surface area contributed by atoms with Crippen molar-refractivity contribution in [3.8, 4) is 44.5 Å². The largest absolute Gasteiger partial charge is 0.310 e. The first kappa shape index (κ1) is 41.2. The summed E-state index contributed by atoms with van der Waals surface area (Å²) in [5.41, 5.74) is 26.3. The topological polar surface area (TPSA) is 6.48 Å². The average molecular weight is 939 g/mol. The van der Waals surface area contributed by atoms with E-state index >= 15 is 0 Å². The zero-order chi connectivity index (χ0) is 48.5. The SMILES string of the molecule is c1ccc(N(c2ccccc2)c2ccc3c(c2)C2(c4ccccc4-3)c3ccccc3-c3c2c(N(c2ccccc2)c2cccc4c2-c2ccccc2C42c4ccccc4-c4ccccc42)cc2ccccc32)cc1. The molecule has 0 saturated heterocycles. The summed E-state index contributed by atoms with van der Waals surface area (Å²) >= 11 is 0. The van der Waals surface area contributed by atoms with Crippen LogP contribution in [-0.4, -0.2) is 0 Å². The molecule has 2 heteroatoms. The van der Waals surface area contributed by atoms with Crippen LogP contribution in [0.3, 0.4) is 0 Å². The molecular formula is C72H46N2. The van der Waals surface area contributed by atoms with Crippen molar-refractivity contribution < 1.29 is 0 Å².